The number of thiophene rings is 2. The Balaban J connectivity index is 1.73. The van der Waals surface area contributed by atoms with Crippen molar-refractivity contribution in [2.45, 2.75) is 32.4 Å². The van der Waals surface area contributed by atoms with Crippen molar-refractivity contribution in [3.63, 3.8) is 0 Å². The van der Waals surface area contributed by atoms with E-state index >= 15 is 0 Å². The summed E-state index contributed by atoms with van der Waals surface area (Å²) in [5.41, 5.74) is 1.37. The van der Waals surface area contributed by atoms with Gasteiger partial charge < -0.3 is 4.90 Å². The maximum atomic E-state index is 13.3. The molecule has 0 spiro atoms. The van der Waals surface area contributed by atoms with E-state index in [2.05, 4.69) is 22.6 Å². The number of carbonyl (C=O) groups is 1. The molecule has 0 N–H and O–H groups in total. The summed E-state index contributed by atoms with van der Waals surface area (Å²) >= 11 is 3.41. The quantitative estimate of drug-likeness (QED) is 0.690. The monoisotopic (exact) mass is 385 g/mol. The number of aromatic nitrogens is 2. The largest absolute Gasteiger partial charge is 0.325 e. The average molecular weight is 386 g/mol. The lowest BCUT2D eigenvalue weighted by Crippen LogP contribution is -2.41. The summed E-state index contributed by atoms with van der Waals surface area (Å²) in [6.45, 7) is 3.16. The molecule has 5 nitrogen and oxygen atoms in total. The first-order valence-electron chi connectivity index (χ1n) is 8.68. The third-order valence-corrected chi connectivity index (χ3v) is 6.48. The minimum atomic E-state index is -0.169. The Morgan fingerprint density at radius 2 is 2.12 bits per heavy atom. The molecule has 0 unspecified atom stereocenters. The van der Waals surface area contributed by atoms with Crippen LogP contribution in [0.3, 0.4) is 0 Å². The molecule has 3 aromatic rings. The molecule has 1 amide bonds. The predicted molar refractivity (Wildman–Crippen MR) is 104 cm³/mol. The van der Waals surface area contributed by atoms with E-state index in [1.165, 1.54) is 21.2 Å². The van der Waals surface area contributed by atoms with Gasteiger partial charge >= 0.3 is 0 Å². The van der Waals surface area contributed by atoms with Gasteiger partial charge in [-0.1, -0.05) is 13.0 Å². The number of fused-ring (bicyclic) bond motifs is 1. The van der Waals surface area contributed by atoms with Gasteiger partial charge in [0.25, 0.3) is 11.5 Å². The number of rotatable bonds is 4. The number of nitrogens with zero attached hydrogens (tertiary/aromatic N) is 3. The van der Waals surface area contributed by atoms with Crippen LogP contribution >= 0.6 is 22.7 Å². The normalized spacial score (nSPS) is 16.5. The van der Waals surface area contributed by atoms with E-state index < -0.39 is 0 Å². The Bertz CT molecular complexity index is 975. The van der Waals surface area contributed by atoms with Gasteiger partial charge in [0.05, 0.1) is 6.04 Å². The smallest absolute Gasteiger partial charge is 0.275 e. The summed E-state index contributed by atoms with van der Waals surface area (Å²) in [4.78, 5) is 29.6. The molecular weight excluding hydrogens is 366 g/mol. The molecule has 0 saturated carbocycles. The highest BCUT2D eigenvalue weighted by atomic mass is 32.1. The van der Waals surface area contributed by atoms with Crippen molar-refractivity contribution in [1.82, 2.24) is 14.7 Å². The van der Waals surface area contributed by atoms with Gasteiger partial charge in [0.15, 0.2) is 0 Å². The molecule has 0 aromatic carbocycles. The third kappa shape index (κ3) is 3.01. The minimum absolute atomic E-state index is 0.0779. The molecule has 3 aromatic heterocycles. The molecule has 0 bridgehead atoms. The van der Waals surface area contributed by atoms with Gasteiger partial charge in [0.1, 0.15) is 5.69 Å². The first-order valence-corrected chi connectivity index (χ1v) is 10.4. The van der Waals surface area contributed by atoms with E-state index in [0.717, 1.165) is 17.7 Å². The third-order valence-electron chi connectivity index (χ3n) is 4.56. The summed E-state index contributed by atoms with van der Waals surface area (Å²) in [5.74, 6) is -0.120. The first kappa shape index (κ1) is 17.2. The molecule has 4 heterocycles. The molecular formula is C19H19N3O2S2. The number of hydrogen-bond donors (Lipinski definition) is 0. The second-order valence-electron chi connectivity index (χ2n) is 6.25. The lowest BCUT2D eigenvalue weighted by atomic mass is 9.98. The zero-order valence-corrected chi connectivity index (χ0v) is 16.1. The second kappa shape index (κ2) is 7.17. The zero-order valence-electron chi connectivity index (χ0n) is 14.4. The van der Waals surface area contributed by atoms with Crippen LogP contribution in [0.1, 0.15) is 45.2 Å². The van der Waals surface area contributed by atoms with Crippen LogP contribution in [0.4, 0.5) is 0 Å². The molecule has 134 valence electrons. The van der Waals surface area contributed by atoms with Crippen molar-refractivity contribution in [3.05, 3.63) is 72.5 Å². The van der Waals surface area contributed by atoms with E-state index in [-0.39, 0.29) is 17.5 Å². The lowest BCUT2D eigenvalue weighted by molar-refractivity contribution is 0.0689. The minimum Gasteiger partial charge on any atom is -0.325 e. The Labute approximate surface area is 159 Å². The molecule has 7 heteroatoms. The molecule has 0 aliphatic carbocycles. The van der Waals surface area contributed by atoms with E-state index in [4.69, 9.17) is 0 Å². The van der Waals surface area contributed by atoms with Crippen LogP contribution in [-0.2, 0) is 13.0 Å². The summed E-state index contributed by atoms with van der Waals surface area (Å²) in [7, 11) is 0. The molecule has 0 radical (unpaired) electrons. The fourth-order valence-corrected chi connectivity index (χ4v) is 5.13. The van der Waals surface area contributed by atoms with Crippen molar-refractivity contribution >= 4 is 28.6 Å². The van der Waals surface area contributed by atoms with E-state index in [9.17, 15) is 9.59 Å². The molecule has 26 heavy (non-hydrogen) atoms. The fraction of sp³-hybridized carbons (Fsp3) is 0.316. The van der Waals surface area contributed by atoms with Crippen LogP contribution in [0, 0.1) is 0 Å². The molecule has 1 aliphatic heterocycles. The molecule has 0 fully saturated rings. The zero-order chi connectivity index (χ0) is 18.1. The Morgan fingerprint density at radius 3 is 2.88 bits per heavy atom. The average Bonchev–Trinajstić information content (AvgIpc) is 3.34. The highest BCUT2D eigenvalue weighted by Crippen LogP contribution is 2.39. The van der Waals surface area contributed by atoms with Crippen LogP contribution in [0.25, 0.3) is 0 Å². The Hall–Kier alpha value is -2.25. The van der Waals surface area contributed by atoms with E-state index in [0.29, 0.717) is 18.8 Å². The van der Waals surface area contributed by atoms with Crippen LogP contribution in [0.5, 0.6) is 0 Å². The molecule has 1 atom stereocenters. The van der Waals surface area contributed by atoms with Crippen molar-refractivity contribution < 1.29 is 4.79 Å². The number of amides is 1. The van der Waals surface area contributed by atoms with Gasteiger partial charge in [-0.3, -0.25) is 9.59 Å². The van der Waals surface area contributed by atoms with Gasteiger partial charge in [0, 0.05) is 28.9 Å². The molecule has 0 saturated heterocycles. The van der Waals surface area contributed by atoms with E-state index in [1.54, 1.807) is 28.7 Å². The maximum Gasteiger partial charge on any atom is 0.275 e. The Kier molecular flexibility index (Phi) is 4.74. The van der Waals surface area contributed by atoms with Crippen LogP contribution in [0.15, 0.2) is 45.9 Å². The van der Waals surface area contributed by atoms with Crippen molar-refractivity contribution in [2.75, 3.05) is 6.54 Å². The Morgan fingerprint density at radius 1 is 1.23 bits per heavy atom. The molecule has 1 aliphatic rings. The van der Waals surface area contributed by atoms with Gasteiger partial charge in [-0.15, -0.1) is 22.7 Å². The van der Waals surface area contributed by atoms with Gasteiger partial charge in [-0.2, -0.15) is 5.10 Å². The van der Waals surface area contributed by atoms with E-state index in [1.807, 2.05) is 23.3 Å². The summed E-state index contributed by atoms with van der Waals surface area (Å²) in [6, 6.07) is 9.12. The van der Waals surface area contributed by atoms with Crippen LogP contribution < -0.4 is 5.56 Å². The van der Waals surface area contributed by atoms with Crippen molar-refractivity contribution in [2.24, 2.45) is 0 Å². The summed E-state index contributed by atoms with van der Waals surface area (Å²) < 4.78 is 1.38. The highest BCUT2D eigenvalue weighted by Gasteiger charge is 2.34. The number of aryl methyl sites for hydroxylation is 1. The van der Waals surface area contributed by atoms with Gasteiger partial charge in [0.2, 0.25) is 0 Å². The fourth-order valence-electron chi connectivity index (χ4n) is 3.37. The highest BCUT2D eigenvalue weighted by molar-refractivity contribution is 7.10. The summed E-state index contributed by atoms with van der Waals surface area (Å²) in [6.07, 6.45) is 1.65. The topological polar surface area (TPSA) is 55.2 Å². The SMILES string of the molecule is CCCn1nc(C(=O)N2CCc3sccc3[C@H]2c2cccs2)ccc1=O. The maximum absolute atomic E-state index is 13.3. The van der Waals surface area contributed by atoms with Gasteiger partial charge in [-0.05, 0) is 47.4 Å². The van der Waals surface area contributed by atoms with Crippen LogP contribution in [0.2, 0.25) is 0 Å². The molecule has 4 rings (SSSR count). The first-order chi connectivity index (χ1) is 12.7. The summed E-state index contributed by atoms with van der Waals surface area (Å²) in [5, 5.41) is 8.45. The van der Waals surface area contributed by atoms with Crippen LogP contribution in [-0.4, -0.2) is 27.1 Å². The number of hydrogen-bond acceptors (Lipinski definition) is 5. The number of carbonyl (C=O) groups excluding carboxylic acids is 1. The van der Waals surface area contributed by atoms with Crippen molar-refractivity contribution in [1.29, 1.82) is 0 Å². The standard InChI is InChI=1S/C19H19N3O2S2/c1-2-9-22-17(23)6-5-14(20-22)19(24)21-10-7-15-13(8-12-26-15)18(21)16-4-3-11-25-16/h3-6,8,11-12,18H,2,7,9-10H2,1H3/t18-/m0/s1. The van der Waals surface area contributed by atoms with Crippen molar-refractivity contribution in [3.8, 4) is 0 Å². The predicted octanol–water partition coefficient (Wildman–Crippen LogP) is 3.56. The lowest BCUT2D eigenvalue weighted by Gasteiger charge is -2.35. The van der Waals surface area contributed by atoms with Gasteiger partial charge in [-0.25, -0.2) is 4.68 Å². The second-order valence-corrected chi connectivity index (χ2v) is 8.23.